The highest BCUT2D eigenvalue weighted by atomic mass is 32.1. The molecule has 4 aromatic rings. The molecule has 2 heterocycles. The topological polar surface area (TPSA) is 84.2 Å². The molecule has 6 nitrogen and oxygen atoms in total. The Morgan fingerprint density at radius 3 is 2.65 bits per heavy atom. The van der Waals surface area contributed by atoms with Gasteiger partial charge < -0.3 is 9.73 Å². The van der Waals surface area contributed by atoms with Gasteiger partial charge in [-0.1, -0.05) is 6.07 Å². The third-order valence-electron chi connectivity index (χ3n) is 4.42. The van der Waals surface area contributed by atoms with E-state index in [4.69, 9.17) is 4.42 Å². The fraction of sp³-hybridized carbons (Fsp3) is 0.0455. The molecule has 0 saturated carbocycles. The van der Waals surface area contributed by atoms with Crippen LogP contribution in [0.1, 0.15) is 26.5 Å². The lowest BCUT2D eigenvalue weighted by Crippen LogP contribution is -2.15. The van der Waals surface area contributed by atoms with Crippen LogP contribution in [0.25, 0.3) is 11.3 Å². The van der Waals surface area contributed by atoms with E-state index in [1.165, 1.54) is 23.8 Å². The number of nitrogens with zero attached hydrogens (tertiary/aromatic N) is 1. The molecule has 0 saturated heterocycles. The van der Waals surface area contributed by atoms with Crippen molar-refractivity contribution in [3.63, 3.8) is 0 Å². The van der Waals surface area contributed by atoms with Gasteiger partial charge in [-0.25, -0.2) is 13.8 Å². The zero-order valence-electron chi connectivity index (χ0n) is 16.1. The van der Waals surface area contributed by atoms with Gasteiger partial charge in [-0.3, -0.25) is 14.9 Å². The minimum Gasteiger partial charge on any atom is -0.459 e. The van der Waals surface area contributed by atoms with Gasteiger partial charge in [-0.05, 0) is 55.0 Å². The van der Waals surface area contributed by atoms with Gasteiger partial charge in [0, 0.05) is 22.2 Å². The molecule has 31 heavy (non-hydrogen) atoms. The number of furan rings is 1. The van der Waals surface area contributed by atoms with E-state index in [1.54, 1.807) is 25.1 Å². The second kappa shape index (κ2) is 8.49. The first-order valence-electron chi connectivity index (χ1n) is 9.08. The molecule has 0 radical (unpaired) electrons. The number of hydrogen-bond acceptors (Lipinski definition) is 5. The second-order valence-electron chi connectivity index (χ2n) is 6.58. The van der Waals surface area contributed by atoms with Gasteiger partial charge in [0.05, 0.1) is 12.0 Å². The largest absolute Gasteiger partial charge is 0.459 e. The van der Waals surface area contributed by atoms with Crippen LogP contribution in [0.15, 0.2) is 64.6 Å². The van der Waals surface area contributed by atoms with Crippen molar-refractivity contribution in [3.05, 3.63) is 88.7 Å². The molecule has 0 aliphatic rings. The highest BCUT2D eigenvalue weighted by molar-refractivity contribution is 7.14. The second-order valence-corrected chi connectivity index (χ2v) is 7.44. The highest BCUT2D eigenvalue weighted by Gasteiger charge is 2.15. The molecule has 0 spiro atoms. The van der Waals surface area contributed by atoms with E-state index in [0.717, 1.165) is 35.1 Å². The van der Waals surface area contributed by atoms with Gasteiger partial charge in [-0.15, -0.1) is 11.3 Å². The molecule has 4 rings (SSSR count). The third-order valence-corrected chi connectivity index (χ3v) is 5.18. The van der Waals surface area contributed by atoms with Gasteiger partial charge in [0.25, 0.3) is 11.8 Å². The van der Waals surface area contributed by atoms with Crippen molar-refractivity contribution in [1.82, 2.24) is 4.98 Å². The Bertz CT molecular complexity index is 1270. The number of halogens is 2. The van der Waals surface area contributed by atoms with Gasteiger partial charge >= 0.3 is 0 Å². The number of nitrogens with one attached hydrogen (secondary N) is 2. The van der Waals surface area contributed by atoms with Crippen molar-refractivity contribution < 1.29 is 22.8 Å². The Labute approximate surface area is 179 Å². The Kier molecular flexibility index (Phi) is 5.59. The number of carbonyl (C=O) groups is 2. The van der Waals surface area contributed by atoms with Gasteiger partial charge in [-0.2, -0.15) is 0 Å². The van der Waals surface area contributed by atoms with Crippen LogP contribution in [-0.4, -0.2) is 16.8 Å². The normalized spacial score (nSPS) is 10.7. The molecular weight excluding hydrogens is 424 g/mol. The van der Waals surface area contributed by atoms with Crippen molar-refractivity contribution in [2.24, 2.45) is 0 Å². The van der Waals surface area contributed by atoms with E-state index < -0.39 is 23.4 Å². The predicted octanol–water partition coefficient (Wildman–Crippen LogP) is 5.49. The first-order valence-corrected chi connectivity index (χ1v) is 9.96. The van der Waals surface area contributed by atoms with Crippen LogP contribution in [0, 0.1) is 18.6 Å². The molecule has 0 bridgehead atoms. The maximum absolute atomic E-state index is 13.9. The molecule has 0 aliphatic heterocycles. The molecule has 156 valence electrons. The molecule has 9 heteroatoms. The Morgan fingerprint density at radius 1 is 1.03 bits per heavy atom. The summed E-state index contributed by atoms with van der Waals surface area (Å²) in [6.45, 7) is 1.79. The lowest BCUT2D eigenvalue weighted by molar-refractivity contribution is 0.0993. The van der Waals surface area contributed by atoms with Crippen molar-refractivity contribution >= 4 is 34.0 Å². The highest BCUT2D eigenvalue weighted by Crippen LogP contribution is 2.28. The Balaban J connectivity index is 1.51. The number of hydrogen-bond donors (Lipinski definition) is 2. The van der Waals surface area contributed by atoms with E-state index in [1.807, 2.05) is 0 Å². The van der Waals surface area contributed by atoms with E-state index in [0.29, 0.717) is 5.69 Å². The minimum absolute atomic E-state index is 0.00927. The van der Waals surface area contributed by atoms with Crippen LogP contribution in [0.2, 0.25) is 0 Å². The van der Waals surface area contributed by atoms with E-state index >= 15 is 0 Å². The quantitative estimate of drug-likeness (QED) is 0.430. The molecule has 2 amide bonds. The SMILES string of the molecule is Cc1ccc(C(=O)Nc2nc(-c3cc(F)ccc3F)cs2)cc1NC(=O)c1ccco1. The smallest absolute Gasteiger partial charge is 0.291 e. The molecule has 0 fully saturated rings. The number of aromatic nitrogens is 1. The minimum atomic E-state index is -0.611. The summed E-state index contributed by atoms with van der Waals surface area (Å²) >= 11 is 1.08. The number of aryl methyl sites for hydroxylation is 1. The average molecular weight is 439 g/mol. The zero-order valence-corrected chi connectivity index (χ0v) is 16.9. The molecule has 0 aliphatic carbocycles. The molecule has 2 aromatic heterocycles. The maximum Gasteiger partial charge on any atom is 0.291 e. The summed E-state index contributed by atoms with van der Waals surface area (Å²) in [4.78, 5) is 29.0. The standard InChI is InChI=1S/C22H15F2N3O3S/c1-12-4-5-13(9-17(12)25-21(29)19-3-2-8-30-19)20(28)27-22-26-18(11-31-22)15-10-14(23)6-7-16(15)24/h2-11H,1H3,(H,25,29)(H,26,27,28). The first-order chi connectivity index (χ1) is 14.9. The van der Waals surface area contributed by atoms with Crippen LogP contribution in [0.4, 0.5) is 19.6 Å². The van der Waals surface area contributed by atoms with E-state index in [-0.39, 0.29) is 27.7 Å². The van der Waals surface area contributed by atoms with Gasteiger partial charge in [0.15, 0.2) is 10.9 Å². The van der Waals surface area contributed by atoms with E-state index in [9.17, 15) is 18.4 Å². The average Bonchev–Trinajstić information content (AvgIpc) is 3.44. The maximum atomic E-state index is 13.9. The molecule has 0 atom stereocenters. The Hall–Kier alpha value is -3.85. The van der Waals surface area contributed by atoms with Gasteiger partial charge in [0.2, 0.25) is 0 Å². The van der Waals surface area contributed by atoms with Gasteiger partial charge in [0.1, 0.15) is 11.6 Å². The van der Waals surface area contributed by atoms with Crippen LogP contribution in [0.3, 0.4) is 0 Å². The number of thiazole rings is 1. The number of benzene rings is 2. The molecule has 2 aromatic carbocycles. The van der Waals surface area contributed by atoms with Crippen molar-refractivity contribution in [2.45, 2.75) is 6.92 Å². The number of carbonyl (C=O) groups excluding carboxylic acids is 2. The molecular formula is C22H15F2N3O3S. The van der Waals surface area contributed by atoms with Crippen LogP contribution < -0.4 is 10.6 Å². The summed E-state index contributed by atoms with van der Waals surface area (Å²) in [6.07, 6.45) is 1.39. The summed E-state index contributed by atoms with van der Waals surface area (Å²) in [6, 6.07) is 11.1. The number of amides is 2. The summed E-state index contributed by atoms with van der Waals surface area (Å²) < 4.78 is 32.4. The predicted molar refractivity (Wildman–Crippen MR) is 113 cm³/mol. The van der Waals surface area contributed by atoms with Crippen LogP contribution in [0.5, 0.6) is 0 Å². The zero-order chi connectivity index (χ0) is 22.0. The lowest BCUT2D eigenvalue weighted by atomic mass is 10.1. The van der Waals surface area contributed by atoms with Crippen molar-refractivity contribution in [2.75, 3.05) is 10.6 Å². The fourth-order valence-corrected chi connectivity index (χ4v) is 3.51. The fourth-order valence-electron chi connectivity index (χ4n) is 2.81. The number of anilines is 2. The lowest BCUT2D eigenvalue weighted by Gasteiger charge is -2.09. The number of rotatable bonds is 5. The molecule has 2 N–H and O–H groups in total. The summed E-state index contributed by atoms with van der Waals surface area (Å²) in [5.41, 5.74) is 1.72. The summed E-state index contributed by atoms with van der Waals surface area (Å²) in [5, 5.41) is 7.09. The monoisotopic (exact) mass is 439 g/mol. The van der Waals surface area contributed by atoms with Crippen molar-refractivity contribution in [1.29, 1.82) is 0 Å². The summed E-state index contributed by atoms with van der Waals surface area (Å²) in [5.74, 6) is -1.95. The third kappa shape index (κ3) is 4.51. The van der Waals surface area contributed by atoms with Crippen molar-refractivity contribution in [3.8, 4) is 11.3 Å². The molecule has 0 unspecified atom stereocenters. The summed E-state index contributed by atoms with van der Waals surface area (Å²) in [7, 11) is 0. The van der Waals surface area contributed by atoms with Crippen LogP contribution >= 0.6 is 11.3 Å². The van der Waals surface area contributed by atoms with E-state index in [2.05, 4.69) is 15.6 Å². The van der Waals surface area contributed by atoms with Crippen LogP contribution in [-0.2, 0) is 0 Å². The Morgan fingerprint density at radius 2 is 1.87 bits per heavy atom. The first kappa shape index (κ1) is 20.4.